The third-order valence-electron chi connectivity index (χ3n) is 4.05. The van der Waals surface area contributed by atoms with Gasteiger partial charge in [-0.1, -0.05) is 6.92 Å². The van der Waals surface area contributed by atoms with Gasteiger partial charge in [0.05, 0.1) is 6.54 Å². The van der Waals surface area contributed by atoms with Crippen molar-refractivity contribution in [2.75, 3.05) is 6.54 Å². The van der Waals surface area contributed by atoms with E-state index >= 15 is 0 Å². The van der Waals surface area contributed by atoms with Gasteiger partial charge in [0.15, 0.2) is 0 Å². The van der Waals surface area contributed by atoms with Gasteiger partial charge in [0.1, 0.15) is 5.54 Å². The minimum Gasteiger partial charge on any atom is -0.349 e. The van der Waals surface area contributed by atoms with Crippen LogP contribution in [0.3, 0.4) is 0 Å². The molecule has 0 radical (unpaired) electrons. The van der Waals surface area contributed by atoms with E-state index in [1.54, 1.807) is 16.2 Å². The molecule has 0 bridgehead atoms. The Morgan fingerprint density at radius 1 is 1.50 bits per heavy atom. The first-order chi connectivity index (χ1) is 9.49. The molecule has 2 rings (SSSR count). The minimum absolute atomic E-state index is 0.0407. The molecule has 1 aliphatic heterocycles. The zero-order valence-electron chi connectivity index (χ0n) is 12.4. The average molecular weight is 294 g/mol. The minimum atomic E-state index is -0.655. The molecular formula is C15H22N2O2S. The second kappa shape index (κ2) is 5.95. The maximum Gasteiger partial charge on any atom is 0.246 e. The molecule has 1 saturated heterocycles. The second-order valence-electron chi connectivity index (χ2n) is 5.53. The fraction of sp³-hybridized carbons (Fsp3) is 0.600. The predicted molar refractivity (Wildman–Crippen MR) is 80.5 cm³/mol. The van der Waals surface area contributed by atoms with Crippen molar-refractivity contribution in [1.82, 2.24) is 10.2 Å². The maximum absolute atomic E-state index is 12.4. The highest BCUT2D eigenvalue weighted by atomic mass is 32.1. The van der Waals surface area contributed by atoms with Crippen LogP contribution in [0.5, 0.6) is 0 Å². The summed E-state index contributed by atoms with van der Waals surface area (Å²) in [5, 5.41) is 5.00. The molecule has 1 fully saturated rings. The van der Waals surface area contributed by atoms with Crippen LogP contribution in [0.4, 0.5) is 0 Å². The Bertz CT molecular complexity index is 512. The first-order valence-corrected chi connectivity index (χ1v) is 7.98. The van der Waals surface area contributed by atoms with Gasteiger partial charge in [-0.15, -0.1) is 11.3 Å². The maximum atomic E-state index is 12.4. The molecule has 1 aromatic heterocycles. The molecule has 20 heavy (non-hydrogen) atoms. The smallest absolute Gasteiger partial charge is 0.246 e. The standard InChI is InChI=1S/C15H22N2O2S/c1-4-5-13(18)17-8-7-15(17,3)14(19)16-10-12-11(2)6-9-20-12/h6,9H,4-5,7-8,10H2,1-3H3,(H,16,19). The molecular weight excluding hydrogens is 272 g/mol. The van der Waals surface area contributed by atoms with Crippen molar-refractivity contribution in [3.8, 4) is 0 Å². The van der Waals surface area contributed by atoms with Gasteiger partial charge in [-0.25, -0.2) is 0 Å². The van der Waals surface area contributed by atoms with Crippen molar-refractivity contribution in [3.63, 3.8) is 0 Å². The molecule has 1 aromatic rings. The Balaban J connectivity index is 1.94. The van der Waals surface area contributed by atoms with E-state index in [4.69, 9.17) is 0 Å². The first-order valence-electron chi connectivity index (χ1n) is 7.10. The molecule has 2 heterocycles. The highest BCUT2D eigenvalue weighted by Gasteiger charge is 2.48. The van der Waals surface area contributed by atoms with E-state index in [-0.39, 0.29) is 11.8 Å². The van der Waals surface area contributed by atoms with Crippen molar-refractivity contribution in [1.29, 1.82) is 0 Å². The van der Waals surface area contributed by atoms with Crippen LogP contribution in [0.2, 0.25) is 0 Å². The van der Waals surface area contributed by atoms with Crippen molar-refractivity contribution in [3.05, 3.63) is 21.9 Å². The monoisotopic (exact) mass is 294 g/mol. The summed E-state index contributed by atoms with van der Waals surface area (Å²) in [6.45, 7) is 7.13. The Morgan fingerprint density at radius 2 is 2.25 bits per heavy atom. The second-order valence-corrected chi connectivity index (χ2v) is 6.53. The Labute approximate surface area is 124 Å². The van der Waals surface area contributed by atoms with Gasteiger partial charge in [0.2, 0.25) is 11.8 Å². The average Bonchev–Trinajstić information content (AvgIpc) is 2.79. The molecule has 0 spiro atoms. The molecule has 0 aliphatic carbocycles. The van der Waals surface area contributed by atoms with Crippen LogP contribution in [0.25, 0.3) is 0 Å². The van der Waals surface area contributed by atoms with E-state index in [1.807, 2.05) is 32.2 Å². The van der Waals surface area contributed by atoms with Gasteiger partial charge in [-0.2, -0.15) is 0 Å². The van der Waals surface area contributed by atoms with E-state index in [1.165, 1.54) is 10.4 Å². The van der Waals surface area contributed by atoms with Crippen LogP contribution < -0.4 is 5.32 Å². The quantitative estimate of drug-likeness (QED) is 0.907. The van der Waals surface area contributed by atoms with Gasteiger partial charge in [-0.3, -0.25) is 9.59 Å². The normalized spacial score (nSPS) is 21.4. The number of thiophene rings is 1. The Hall–Kier alpha value is -1.36. The number of nitrogens with zero attached hydrogens (tertiary/aromatic N) is 1. The van der Waals surface area contributed by atoms with Gasteiger partial charge in [0.25, 0.3) is 0 Å². The summed E-state index contributed by atoms with van der Waals surface area (Å²) in [6.07, 6.45) is 2.09. The molecule has 1 N–H and O–H groups in total. The summed E-state index contributed by atoms with van der Waals surface area (Å²) in [4.78, 5) is 27.2. The Morgan fingerprint density at radius 3 is 2.75 bits per heavy atom. The number of rotatable bonds is 5. The molecule has 1 unspecified atom stereocenters. The molecule has 5 heteroatoms. The number of aryl methyl sites for hydroxylation is 1. The topological polar surface area (TPSA) is 49.4 Å². The zero-order chi connectivity index (χ0) is 14.8. The van der Waals surface area contributed by atoms with Crippen LogP contribution >= 0.6 is 11.3 Å². The zero-order valence-corrected chi connectivity index (χ0v) is 13.2. The largest absolute Gasteiger partial charge is 0.349 e. The van der Waals surface area contributed by atoms with E-state index in [0.717, 1.165) is 12.8 Å². The van der Waals surface area contributed by atoms with Crippen LogP contribution in [0, 0.1) is 6.92 Å². The lowest BCUT2D eigenvalue weighted by atomic mass is 9.85. The summed E-state index contributed by atoms with van der Waals surface area (Å²) >= 11 is 1.65. The summed E-state index contributed by atoms with van der Waals surface area (Å²) in [5.41, 5.74) is 0.546. The number of amides is 2. The molecule has 0 aromatic carbocycles. The number of carbonyl (C=O) groups is 2. The summed E-state index contributed by atoms with van der Waals surface area (Å²) in [6, 6.07) is 2.05. The van der Waals surface area contributed by atoms with Crippen molar-refractivity contribution >= 4 is 23.2 Å². The fourth-order valence-electron chi connectivity index (χ4n) is 2.48. The van der Waals surface area contributed by atoms with Crippen LogP contribution in [0.15, 0.2) is 11.4 Å². The molecule has 1 aliphatic rings. The summed E-state index contributed by atoms with van der Waals surface area (Å²) in [5.74, 6) is 0.0460. The van der Waals surface area contributed by atoms with Crippen LogP contribution in [-0.2, 0) is 16.1 Å². The molecule has 0 saturated carbocycles. The van der Waals surface area contributed by atoms with Crippen molar-refractivity contribution in [2.45, 2.75) is 52.1 Å². The van der Waals surface area contributed by atoms with E-state index < -0.39 is 5.54 Å². The number of nitrogens with one attached hydrogen (secondary N) is 1. The number of hydrogen-bond acceptors (Lipinski definition) is 3. The Kier molecular flexibility index (Phi) is 4.48. The highest BCUT2D eigenvalue weighted by molar-refractivity contribution is 7.10. The lowest BCUT2D eigenvalue weighted by Gasteiger charge is -2.49. The van der Waals surface area contributed by atoms with Gasteiger partial charge in [0, 0.05) is 17.8 Å². The number of carbonyl (C=O) groups excluding carboxylic acids is 2. The third kappa shape index (κ3) is 2.73. The lowest BCUT2D eigenvalue weighted by molar-refractivity contribution is -0.157. The molecule has 4 nitrogen and oxygen atoms in total. The van der Waals surface area contributed by atoms with Gasteiger partial charge in [-0.05, 0) is 43.7 Å². The highest BCUT2D eigenvalue weighted by Crippen LogP contribution is 2.31. The van der Waals surface area contributed by atoms with Crippen molar-refractivity contribution < 1.29 is 9.59 Å². The molecule has 2 amide bonds. The fourth-order valence-corrected chi connectivity index (χ4v) is 3.33. The summed E-state index contributed by atoms with van der Waals surface area (Å²) < 4.78 is 0. The predicted octanol–water partition coefficient (Wildman–Crippen LogP) is 2.46. The van der Waals surface area contributed by atoms with E-state index in [9.17, 15) is 9.59 Å². The van der Waals surface area contributed by atoms with Crippen LogP contribution in [0.1, 0.15) is 43.6 Å². The van der Waals surface area contributed by atoms with E-state index in [2.05, 4.69) is 5.32 Å². The van der Waals surface area contributed by atoms with Crippen LogP contribution in [-0.4, -0.2) is 28.8 Å². The van der Waals surface area contributed by atoms with Gasteiger partial charge < -0.3 is 10.2 Å². The number of likely N-dealkylation sites (tertiary alicyclic amines) is 1. The molecule has 1 atom stereocenters. The third-order valence-corrected chi connectivity index (χ3v) is 5.07. The first kappa shape index (κ1) is 15.0. The lowest BCUT2D eigenvalue weighted by Crippen LogP contribution is -2.67. The number of hydrogen-bond donors (Lipinski definition) is 1. The molecule has 110 valence electrons. The van der Waals surface area contributed by atoms with Gasteiger partial charge >= 0.3 is 0 Å². The SMILES string of the molecule is CCCC(=O)N1CCC1(C)C(=O)NCc1sccc1C. The summed E-state index contributed by atoms with van der Waals surface area (Å²) in [7, 11) is 0. The van der Waals surface area contributed by atoms with E-state index in [0.29, 0.717) is 19.5 Å². The van der Waals surface area contributed by atoms with Crippen molar-refractivity contribution in [2.24, 2.45) is 0 Å².